The zero-order valence-electron chi connectivity index (χ0n) is 74.8. The molecule has 1 atom stereocenters. The standard InChI is InChI=1S/C122H81F12N3/c1-68-17-30-77(31-18-68)83-42-48-89-90-49-43-84(78-32-19-69(2)20-33-78)62-98(90)113(97(89)61-83)101-55-73(6)56-102(115(101)116-103(119(123,124)125)12-9-13-104(116)120(126,127)128)114-99-63-85(79-34-21-70(3)22-35-79)44-50-91(99)92-51-45-86(64-100(92)114)82-40-27-74(28-41-82)57-75-29-54-108-96(58-75)95-53-47-88(81-38-25-72(5)26-39-81)66-110(95)137(108)112-60-76(67-135)59-111(118(112)117-105(121(129,130)131)14-10-15-106(117)122(132,133)134)136-107-16-8-7-11-93(107)94-52-46-87(65-109(94)136)80-36-23-71(4)24-37-80/h7-56,58-66,113-114H,57H2,1-6H3. The van der Waals surface area contributed by atoms with Crippen LogP contribution in [0.1, 0.15) is 118 Å². The second kappa shape index (κ2) is 32.8. The molecule has 2 aromatic heterocycles. The molecule has 20 aromatic rings. The van der Waals surface area contributed by atoms with Crippen molar-refractivity contribution in [2.75, 3.05) is 0 Å². The molecule has 3 nitrogen and oxygen atoms in total. The highest BCUT2D eigenvalue weighted by molar-refractivity contribution is 6.14. The van der Waals surface area contributed by atoms with Crippen LogP contribution >= 0.6 is 0 Å². The summed E-state index contributed by atoms with van der Waals surface area (Å²) in [6.45, 7) is 11.7. The van der Waals surface area contributed by atoms with Gasteiger partial charge in [-0.15, -0.1) is 0 Å². The van der Waals surface area contributed by atoms with Crippen molar-refractivity contribution < 1.29 is 52.7 Å². The van der Waals surface area contributed by atoms with Gasteiger partial charge in [-0.1, -0.05) is 300 Å². The molecular weight excluding hydrogens is 1740 g/mol. The van der Waals surface area contributed by atoms with Crippen molar-refractivity contribution in [3.05, 3.63) is 464 Å². The second-order valence-electron chi connectivity index (χ2n) is 36.5. The summed E-state index contributed by atoms with van der Waals surface area (Å²) in [6, 6.07) is 109. The van der Waals surface area contributed by atoms with Crippen LogP contribution in [0.15, 0.2) is 358 Å². The lowest BCUT2D eigenvalue weighted by Crippen LogP contribution is -2.17. The number of halogens is 12. The summed E-state index contributed by atoms with van der Waals surface area (Å²) in [5.74, 6) is -1.93. The van der Waals surface area contributed by atoms with E-state index in [9.17, 15) is 5.26 Å². The highest BCUT2D eigenvalue weighted by Gasteiger charge is 2.47. The molecule has 2 aliphatic rings. The number of aryl methyl sites for hydroxylation is 6. The molecule has 18 aromatic carbocycles. The molecule has 0 spiro atoms. The van der Waals surface area contributed by atoms with Crippen LogP contribution in [0.3, 0.4) is 0 Å². The summed E-state index contributed by atoms with van der Waals surface area (Å²) in [5.41, 5.74) is 15.8. The van der Waals surface area contributed by atoms with Gasteiger partial charge in [0.2, 0.25) is 0 Å². The largest absolute Gasteiger partial charge is 0.417 e. The summed E-state index contributed by atoms with van der Waals surface area (Å²) in [4.78, 5) is 0. The normalized spacial score (nSPS) is 13.2. The first-order valence-electron chi connectivity index (χ1n) is 45.2. The second-order valence-corrected chi connectivity index (χ2v) is 36.5. The van der Waals surface area contributed by atoms with Gasteiger partial charge in [0, 0.05) is 50.1 Å². The van der Waals surface area contributed by atoms with Crippen molar-refractivity contribution in [3.63, 3.8) is 0 Å². The number of alkyl halides is 12. The van der Waals surface area contributed by atoms with E-state index in [4.69, 9.17) is 0 Å². The van der Waals surface area contributed by atoms with Crippen LogP contribution < -0.4 is 0 Å². The molecule has 137 heavy (non-hydrogen) atoms. The number of hydrogen-bond donors (Lipinski definition) is 0. The van der Waals surface area contributed by atoms with E-state index < -0.39 is 75.5 Å². The van der Waals surface area contributed by atoms with Gasteiger partial charge in [-0.25, -0.2) is 0 Å². The number of para-hydroxylation sites is 1. The molecule has 0 aliphatic heterocycles. The molecule has 0 saturated carbocycles. The fourth-order valence-electron chi connectivity index (χ4n) is 21.2. The molecule has 15 heteroatoms. The molecule has 0 amide bonds. The van der Waals surface area contributed by atoms with Crippen molar-refractivity contribution in [2.24, 2.45) is 0 Å². The molecule has 668 valence electrons. The number of nitrogens with zero attached hydrogens (tertiary/aromatic N) is 3. The van der Waals surface area contributed by atoms with Crippen molar-refractivity contribution in [3.8, 4) is 129 Å². The third-order valence-electron chi connectivity index (χ3n) is 27.7. The zero-order valence-corrected chi connectivity index (χ0v) is 74.8. The minimum Gasteiger partial charge on any atom is -0.308 e. The number of benzene rings is 18. The quantitative estimate of drug-likeness (QED) is 0.0999. The van der Waals surface area contributed by atoms with Gasteiger partial charge in [-0.3, -0.25) is 0 Å². The average Bonchev–Trinajstić information content (AvgIpc) is 1.58. The fourth-order valence-corrected chi connectivity index (χ4v) is 21.2. The number of nitriles is 1. The molecule has 0 radical (unpaired) electrons. The molecular formula is C122H81F12N3. The van der Waals surface area contributed by atoms with Gasteiger partial charge in [0.25, 0.3) is 0 Å². The van der Waals surface area contributed by atoms with Crippen molar-refractivity contribution in [1.82, 2.24) is 9.13 Å². The van der Waals surface area contributed by atoms with Crippen LogP contribution in [-0.2, 0) is 31.1 Å². The Hall–Kier alpha value is -15.8. The third kappa shape index (κ3) is 15.2. The predicted molar refractivity (Wildman–Crippen MR) is 527 cm³/mol. The van der Waals surface area contributed by atoms with E-state index in [2.05, 4.69) is 6.07 Å². The van der Waals surface area contributed by atoms with E-state index in [0.29, 0.717) is 101 Å². The van der Waals surface area contributed by atoms with E-state index >= 15 is 52.7 Å². The van der Waals surface area contributed by atoms with Crippen LogP contribution in [0.4, 0.5) is 52.7 Å². The van der Waals surface area contributed by atoms with Crippen LogP contribution in [0.5, 0.6) is 0 Å². The van der Waals surface area contributed by atoms with Gasteiger partial charge in [0.05, 0.1) is 67.3 Å². The third-order valence-corrected chi connectivity index (χ3v) is 27.7. The van der Waals surface area contributed by atoms with Gasteiger partial charge in [-0.05, 0) is 278 Å². The maximum Gasteiger partial charge on any atom is 0.417 e. The van der Waals surface area contributed by atoms with Gasteiger partial charge < -0.3 is 9.13 Å². The Morgan fingerprint density at radius 1 is 0.234 bits per heavy atom. The summed E-state index contributed by atoms with van der Waals surface area (Å²) >= 11 is 0. The summed E-state index contributed by atoms with van der Waals surface area (Å²) in [6.07, 6.45) is -21.0. The van der Waals surface area contributed by atoms with Crippen LogP contribution in [0, 0.1) is 52.9 Å². The number of aromatic nitrogens is 2. The molecule has 2 heterocycles. The summed E-state index contributed by atoms with van der Waals surface area (Å²) < 4.78 is 202. The van der Waals surface area contributed by atoms with Gasteiger partial charge >= 0.3 is 24.7 Å². The van der Waals surface area contributed by atoms with Crippen LogP contribution in [-0.4, -0.2) is 9.13 Å². The first kappa shape index (κ1) is 86.6. The minimum absolute atomic E-state index is 0.0539. The van der Waals surface area contributed by atoms with E-state index in [1.807, 2.05) is 327 Å². The van der Waals surface area contributed by atoms with E-state index in [0.717, 1.165) is 141 Å². The number of hydrogen-bond acceptors (Lipinski definition) is 1. The molecule has 0 N–H and O–H groups in total. The monoisotopic (exact) mass is 1820 g/mol. The lowest BCUT2D eigenvalue weighted by Gasteiger charge is -2.30. The highest BCUT2D eigenvalue weighted by atomic mass is 19.4. The average molecular weight is 1820 g/mol. The minimum atomic E-state index is -5.36. The topological polar surface area (TPSA) is 33.6 Å². The molecule has 0 fully saturated rings. The SMILES string of the molecule is Cc1ccc(-c2ccc3c(c2)C(c2cc(C)cc(C4c5cc(-c6ccc(C)cc6)ccc5-c5ccc(-c6ccc(Cc7ccc8c(c7)c7ccc(-c9ccc(C)cc9)cc7n8-c7cc(C#N)cc(-n8c9ccccc9c9ccc(-c%10ccc(C)cc%10)cc98)c7-c7c(C(F)(F)F)cccc7C(F)(F)F)cc6)cc54)c2-c2c(C(F)(F)F)cccc2C(F)(F)F)c2cc(-c4ccc(C)cc4)ccc2-3)cc1. The summed E-state index contributed by atoms with van der Waals surface area (Å²) in [7, 11) is 0. The Kier molecular flexibility index (Phi) is 20.7. The van der Waals surface area contributed by atoms with Crippen molar-refractivity contribution in [1.29, 1.82) is 5.26 Å². The van der Waals surface area contributed by atoms with Gasteiger partial charge in [0.15, 0.2) is 0 Å². The smallest absolute Gasteiger partial charge is 0.308 e. The molecule has 22 rings (SSSR count). The number of fused-ring (bicyclic) bond motifs is 12. The lowest BCUT2D eigenvalue weighted by atomic mass is 9.74. The van der Waals surface area contributed by atoms with Crippen molar-refractivity contribution in [2.45, 2.75) is 84.5 Å². The van der Waals surface area contributed by atoms with E-state index in [-0.39, 0.29) is 33.6 Å². The van der Waals surface area contributed by atoms with Gasteiger partial charge in [-0.2, -0.15) is 57.9 Å². The van der Waals surface area contributed by atoms with Crippen LogP contribution in [0.25, 0.3) is 166 Å². The highest BCUT2D eigenvalue weighted by Crippen LogP contribution is 2.61. The Morgan fingerprint density at radius 3 is 0.876 bits per heavy atom. The fraction of sp³-hybridized carbons (Fsp3) is 0.107. The molecule has 2 aliphatic carbocycles. The van der Waals surface area contributed by atoms with Crippen LogP contribution in [0.2, 0.25) is 0 Å². The molecule has 0 bridgehead atoms. The van der Waals surface area contributed by atoms with E-state index in [1.165, 1.54) is 12.1 Å². The maximum absolute atomic E-state index is 16.7. The van der Waals surface area contributed by atoms with Crippen molar-refractivity contribution >= 4 is 43.6 Å². The summed E-state index contributed by atoms with van der Waals surface area (Å²) in [5, 5.41) is 13.9. The molecule has 1 unspecified atom stereocenters. The predicted octanol–water partition coefficient (Wildman–Crippen LogP) is 34.9. The number of rotatable bonds is 14. The molecule has 0 saturated heterocycles. The first-order valence-corrected chi connectivity index (χ1v) is 45.2. The lowest BCUT2D eigenvalue weighted by molar-refractivity contribution is -0.143. The first-order chi connectivity index (χ1) is 65.8. The Morgan fingerprint density at radius 2 is 0.526 bits per heavy atom. The maximum atomic E-state index is 16.7. The Labute approximate surface area is 782 Å². The Bertz CT molecular complexity index is 8230. The van der Waals surface area contributed by atoms with Gasteiger partial charge in [0.1, 0.15) is 0 Å². The van der Waals surface area contributed by atoms with E-state index in [1.54, 1.807) is 33.4 Å². The Balaban J connectivity index is 0.719. The zero-order chi connectivity index (χ0) is 94.7.